The predicted octanol–water partition coefficient (Wildman–Crippen LogP) is 2.57. The molecule has 1 fully saturated rings. The molecule has 2 heterocycles. The van der Waals surface area contributed by atoms with Crippen molar-refractivity contribution in [3.63, 3.8) is 0 Å². The van der Waals surface area contributed by atoms with Gasteiger partial charge in [0.05, 0.1) is 25.0 Å². The lowest BCUT2D eigenvalue weighted by atomic mass is 10.1. The zero-order valence-electron chi connectivity index (χ0n) is 18.7. The summed E-state index contributed by atoms with van der Waals surface area (Å²) in [6.45, 7) is 3.86. The van der Waals surface area contributed by atoms with Crippen molar-refractivity contribution in [2.24, 2.45) is 0 Å². The van der Waals surface area contributed by atoms with Gasteiger partial charge in [0.1, 0.15) is 18.1 Å². The molecule has 0 radical (unpaired) electrons. The number of anilines is 2. The molecular formula is C24H23N5O5. The maximum Gasteiger partial charge on any atom is 0.339 e. The number of carbonyl (C=O) groups excluding carboxylic acids is 4. The zero-order valence-corrected chi connectivity index (χ0v) is 18.7. The van der Waals surface area contributed by atoms with E-state index in [1.165, 1.54) is 12.3 Å². The van der Waals surface area contributed by atoms with Gasteiger partial charge in [0.2, 0.25) is 5.91 Å². The molecule has 0 saturated carbocycles. The minimum absolute atomic E-state index is 0.145. The van der Waals surface area contributed by atoms with Gasteiger partial charge in [0.25, 0.3) is 0 Å². The SMILES string of the molecule is CCOc1ccccc1N1C(=O)C(=O)N(CC(=O)Nc2ccnn2Cc2cccc(C)c2)C1=O. The Morgan fingerprint density at radius 1 is 1.03 bits per heavy atom. The average Bonchev–Trinajstić information content (AvgIpc) is 3.32. The summed E-state index contributed by atoms with van der Waals surface area (Å²) in [6.07, 6.45) is 1.54. The van der Waals surface area contributed by atoms with Gasteiger partial charge in [0, 0.05) is 6.07 Å². The van der Waals surface area contributed by atoms with Gasteiger partial charge >= 0.3 is 17.8 Å². The number of para-hydroxylation sites is 2. The molecule has 1 aliphatic heterocycles. The number of nitrogens with zero attached hydrogens (tertiary/aromatic N) is 4. The number of urea groups is 1. The summed E-state index contributed by atoms with van der Waals surface area (Å²) in [5.74, 6) is -2.09. The molecule has 174 valence electrons. The van der Waals surface area contributed by atoms with E-state index >= 15 is 0 Å². The van der Waals surface area contributed by atoms with E-state index in [1.807, 2.05) is 31.2 Å². The quantitative estimate of drug-likeness (QED) is 0.407. The number of hydrogen-bond acceptors (Lipinski definition) is 6. The lowest BCUT2D eigenvalue weighted by Gasteiger charge is -2.18. The Hall–Kier alpha value is -4.47. The molecule has 0 spiro atoms. The number of imide groups is 2. The number of nitrogens with one attached hydrogen (secondary N) is 1. The second-order valence-corrected chi connectivity index (χ2v) is 7.63. The Bertz CT molecular complexity index is 1270. The van der Waals surface area contributed by atoms with Crippen LogP contribution in [0.2, 0.25) is 0 Å². The third kappa shape index (κ3) is 4.51. The Labute approximate surface area is 195 Å². The van der Waals surface area contributed by atoms with E-state index < -0.39 is 30.3 Å². The van der Waals surface area contributed by atoms with Gasteiger partial charge in [-0.25, -0.2) is 19.3 Å². The van der Waals surface area contributed by atoms with Crippen molar-refractivity contribution in [2.45, 2.75) is 20.4 Å². The highest BCUT2D eigenvalue weighted by Crippen LogP contribution is 2.31. The largest absolute Gasteiger partial charge is 0.492 e. The van der Waals surface area contributed by atoms with Gasteiger partial charge in [0.15, 0.2) is 0 Å². The minimum atomic E-state index is -1.08. The maximum absolute atomic E-state index is 12.9. The predicted molar refractivity (Wildman–Crippen MR) is 123 cm³/mol. The van der Waals surface area contributed by atoms with Crippen LogP contribution < -0.4 is 15.0 Å². The molecule has 2 aromatic carbocycles. The molecule has 0 atom stereocenters. The third-order valence-electron chi connectivity index (χ3n) is 5.16. The molecule has 0 unspecified atom stereocenters. The van der Waals surface area contributed by atoms with Crippen molar-refractivity contribution in [2.75, 3.05) is 23.4 Å². The number of aromatic nitrogens is 2. The van der Waals surface area contributed by atoms with Crippen molar-refractivity contribution < 1.29 is 23.9 Å². The van der Waals surface area contributed by atoms with E-state index in [0.29, 0.717) is 23.9 Å². The number of benzene rings is 2. The number of amides is 5. The highest BCUT2D eigenvalue weighted by Gasteiger charge is 2.47. The summed E-state index contributed by atoms with van der Waals surface area (Å²) in [5, 5.41) is 6.88. The lowest BCUT2D eigenvalue weighted by Crippen LogP contribution is -2.39. The normalized spacial score (nSPS) is 13.5. The second-order valence-electron chi connectivity index (χ2n) is 7.63. The van der Waals surface area contributed by atoms with Crippen LogP contribution in [-0.4, -0.2) is 51.6 Å². The molecular weight excluding hydrogens is 438 g/mol. The molecule has 3 aromatic rings. The fraction of sp³-hybridized carbons (Fsp3) is 0.208. The van der Waals surface area contributed by atoms with Gasteiger partial charge in [-0.1, -0.05) is 42.0 Å². The molecule has 1 aromatic heterocycles. The van der Waals surface area contributed by atoms with E-state index in [1.54, 1.807) is 35.9 Å². The van der Waals surface area contributed by atoms with Crippen molar-refractivity contribution >= 4 is 35.3 Å². The van der Waals surface area contributed by atoms with E-state index in [-0.39, 0.29) is 11.4 Å². The standard InChI is InChI=1S/C24H23N5O5/c1-3-34-19-10-5-4-9-18(19)29-23(32)22(31)27(24(29)33)15-21(30)26-20-11-12-25-28(20)14-17-8-6-7-16(2)13-17/h4-13H,3,14-15H2,1-2H3,(H,26,30). The summed E-state index contributed by atoms with van der Waals surface area (Å²) in [6, 6.07) is 15.0. The summed E-state index contributed by atoms with van der Waals surface area (Å²) >= 11 is 0. The first-order valence-electron chi connectivity index (χ1n) is 10.7. The lowest BCUT2D eigenvalue weighted by molar-refractivity contribution is -0.140. The Morgan fingerprint density at radius 2 is 1.82 bits per heavy atom. The number of ether oxygens (including phenoxy) is 1. The fourth-order valence-corrected chi connectivity index (χ4v) is 3.65. The summed E-state index contributed by atoms with van der Waals surface area (Å²) in [4.78, 5) is 52.0. The van der Waals surface area contributed by atoms with Crippen molar-refractivity contribution in [3.8, 4) is 5.75 Å². The first kappa shape index (κ1) is 22.7. The average molecular weight is 461 g/mol. The minimum Gasteiger partial charge on any atom is -0.492 e. The summed E-state index contributed by atoms with van der Waals surface area (Å²) < 4.78 is 7.07. The number of rotatable bonds is 8. The topological polar surface area (TPSA) is 114 Å². The highest BCUT2D eigenvalue weighted by molar-refractivity contribution is 6.53. The Balaban J connectivity index is 1.47. The van der Waals surface area contributed by atoms with Crippen LogP contribution in [0.4, 0.5) is 16.3 Å². The Kier molecular flexibility index (Phi) is 6.39. The van der Waals surface area contributed by atoms with Crippen LogP contribution in [-0.2, 0) is 20.9 Å². The van der Waals surface area contributed by atoms with Gasteiger partial charge in [-0.3, -0.25) is 14.4 Å². The van der Waals surface area contributed by atoms with Crippen molar-refractivity contribution in [1.82, 2.24) is 14.7 Å². The monoisotopic (exact) mass is 461 g/mol. The molecule has 10 heteroatoms. The fourth-order valence-electron chi connectivity index (χ4n) is 3.65. The van der Waals surface area contributed by atoms with Crippen molar-refractivity contribution in [3.05, 3.63) is 71.9 Å². The molecule has 5 amide bonds. The van der Waals surface area contributed by atoms with Crippen LogP contribution in [0.3, 0.4) is 0 Å². The number of aryl methyl sites for hydroxylation is 1. The van der Waals surface area contributed by atoms with Crippen LogP contribution in [0, 0.1) is 6.92 Å². The van der Waals surface area contributed by atoms with Crippen molar-refractivity contribution in [1.29, 1.82) is 0 Å². The molecule has 0 bridgehead atoms. The van der Waals surface area contributed by atoms with Crippen LogP contribution in [0.25, 0.3) is 0 Å². The molecule has 10 nitrogen and oxygen atoms in total. The van der Waals surface area contributed by atoms with E-state index in [0.717, 1.165) is 16.0 Å². The van der Waals surface area contributed by atoms with E-state index in [9.17, 15) is 19.2 Å². The molecule has 1 N–H and O–H groups in total. The summed E-state index contributed by atoms with van der Waals surface area (Å²) in [7, 11) is 0. The van der Waals surface area contributed by atoms with E-state index in [4.69, 9.17) is 4.74 Å². The van der Waals surface area contributed by atoms with Gasteiger partial charge < -0.3 is 10.1 Å². The molecule has 0 aliphatic carbocycles. The zero-order chi connectivity index (χ0) is 24.2. The van der Waals surface area contributed by atoms with Gasteiger partial charge in [-0.15, -0.1) is 0 Å². The molecule has 1 saturated heterocycles. The third-order valence-corrected chi connectivity index (χ3v) is 5.16. The molecule has 4 rings (SSSR count). The first-order valence-corrected chi connectivity index (χ1v) is 10.7. The molecule has 1 aliphatic rings. The first-order chi connectivity index (χ1) is 16.4. The molecule has 34 heavy (non-hydrogen) atoms. The highest BCUT2D eigenvalue weighted by atomic mass is 16.5. The van der Waals surface area contributed by atoms with Crippen LogP contribution in [0.1, 0.15) is 18.1 Å². The van der Waals surface area contributed by atoms with Gasteiger partial charge in [-0.2, -0.15) is 5.10 Å². The second kappa shape index (κ2) is 9.57. The van der Waals surface area contributed by atoms with Gasteiger partial charge in [-0.05, 0) is 31.5 Å². The number of hydrogen-bond donors (Lipinski definition) is 1. The van der Waals surface area contributed by atoms with Crippen LogP contribution in [0.5, 0.6) is 5.75 Å². The summed E-state index contributed by atoms with van der Waals surface area (Å²) in [5.41, 5.74) is 2.24. The number of carbonyl (C=O) groups is 4. The Morgan fingerprint density at radius 3 is 2.59 bits per heavy atom. The maximum atomic E-state index is 12.9. The van der Waals surface area contributed by atoms with Crippen LogP contribution in [0.15, 0.2) is 60.8 Å². The van der Waals surface area contributed by atoms with Crippen LogP contribution >= 0.6 is 0 Å². The van der Waals surface area contributed by atoms with E-state index in [2.05, 4.69) is 10.4 Å². The smallest absolute Gasteiger partial charge is 0.339 e.